The number of hydrogen-bond acceptors (Lipinski definition) is 7. The zero-order chi connectivity index (χ0) is 14.7. The normalized spacial score (nSPS) is 20.5. The lowest BCUT2D eigenvalue weighted by atomic mass is 10.1. The van der Waals surface area contributed by atoms with Crippen LogP contribution in [-0.2, 0) is 0 Å². The van der Waals surface area contributed by atoms with Crippen LogP contribution in [0.4, 0.5) is 10.9 Å². The SMILES string of the molecule is Nc1nc(N2CCNCC2)sc1C(=O)NC1CCNCC1. The number of hydrogen-bond donors (Lipinski definition) is 4. The number of nitrogens with zero attached hydrogens (tertiary/aromatic N) is 2. The van der Waals surface area contributed by atoms with Crippen molar-refractivity contribution < 1.29 is 4.79 Å². The Morgan fingerprint density at radius 1 is 1.24 bits per heavy atom. The van der Waals surface area contributed by atoms with Crippen molar-refractivity contribution in [3.63, 3.8) is 0 Å². The number of amides is 1. The van der Waals surface area contributed by atoms with Gasteiger partial charge in [0.15, 0.2) is 5.13 Å². The van der Waals surface area contributed by atoms with Crippen LogP contribution in [0.3, 0.4) is 0 Å². The van der Waals surface area contributed by atoms with Crippen LogP contribution in [0.15, 0.2) is 0 Å². The van der Waals surface area contributed by atoms with Crippen molar-refractivity contribution in [3.05, 3.63) is 4.88 Å². The van der Waals surface area contributed by atoms with Gasteiger partial charge in [-0.05, 0) is 25.9 Å². The summed E-state index contributed by atoms with van der Waals surface area (Å²) < 4.78 is 0. The number of nitrogens with two attached hydrogens (primary N) is 1. The van der Waals surface area contributed by atoms with E-state index in [0.717, 1.165) is 57.2 Å². The number of piperidine rings is 1. The Labute approximate surface area is 128 Å². The summed E-state index contributed by atoms with van der Waals surface area (Å²) in [6.07, 6.45) is 1.93. The molecule has 0 radical (unpaired) electrons. The molecule has 5 N–H and O–H groups in total. The van der Waals surface area contributed by atoms with E-state index in [0.29, 0.717) is 10.7 Å². The Bertz CT molecular complexity index is 493. The van der Waals surface area contributed by atoms with Gasteiger partial charge in [-0.15, -0.1) is 0 Å². The Morgan fingerprint density at radius 3 is 2.62 bits per heavy atom. The van der Waals surface area contributed by atoms with Crippen LogP contribution >= 0.6 is 11.3 Å². The molecule has 0 unspecified atom stereocenters. The zero-order valence-electron chi connectivity index (χ0n) is 12.0. The summed E-state index contributed by atoms with van der Waals surface area (Å²) in [6, 6.07) is 0.239. The van der Waals surface area contributed by atoms with Gasteiger partial charge in [0.1, 0.15) is 10.7 Å². The number of nitrogens with one attached hydrogen (secondary N) is 3. The van der Waals surface area contributed by atoms with E-state index in [2.05, 4.69) is 25.8 Å². The molecule has 2 fully saturated rings. The Kier molecular flexibility index (Phi) is 4.57. The number of nitrogen functional groups attached to an aromatic ring is 1. The molecule has 7 nitrogen and oxygen atoms in total. The standard InChI is InChI=1S/C13H22N6OS/c14-11-10(12(20)17-9-1-3-15-4-2-9)21-13(18-11)19-7-5-16-6-8-19/h9,15-16H,1-8,14H2,(H,17,20). The van der Waals surface area contributed by atoms with Gasteiger partial charge in [0, 0.05) is 32.2 Å². The monoisotopic (exact) mass is 310 g/mol. The highest BCUT2D eigenvalue weighted by molar-refractivity contribution is 7.18. The molecule has 0 aliphatic carbocycles. The van der Waals surface area contributed by atoms with Crippen molar-refractivity contribution in [3.8, 4) is 0 Å². The number of piperazine rings is 1. The average Bonchev–Trinajstić information content (AvgIpc) is 2.91. The maximum absolute atomic E-state index is 12.4. The van der Waals surface area contributed by atoms with E-state index in [1.165, 1.54) is 11.3 Å². The van der Waals surface area contributed by atoms with Gasteiger partial charge in [-0.1, -0.05) is 11.3 Å². The minimum atomic E-state index is -0.0849. The Morgan fingerprint density at radius 2 is 1.90 bits per heavy atom. The van der Waals surface area contributed by atoms with Crippen molar-refractivity contribution >= 4 is 28.2 Å². The second-order valence-electron chi connectivity index (χ2n) is 5.45. The van der Waals surface area contributed by atoms with E-state index in [1.54, 1.807) is 0 Å². The van der Waals surface area contributed by atoms with E-state index >= 15 is 0 Å². The quantitative estimate of drug-likeness (QED) is 0.608. The minimum Gasteiger partial charge on any atom is -0.382 e. The molecule has 0 atom stereocenters. The summed E-state index contributed by atoms with van der Waals surface area (Å²) in [5.41, 5.74) is 5.94. The molecule has 21 heavy (non-hydrogen) atoms. The molecular weight excluding hydrogens is 288 g/mol. The first-order valence-electron chi connectivity index (χ1n) is 7.47. The van der Waals surface area contributed by atoms with Crippen LogP contribution in [0.25, 0.3) is 0 Å². The number of aromatic nitrogens is 1. The topological polar surface area (TPSA) is 95.3 Å². The summed E-state index contributed by atoms with van der Waals surface area (Å²) in [4.78, 5) is 19.5. The first kappa shape index (κ1) is 14.6. The molecule has 3 rings (SSSR count). The molecule has 8 heteroatoms. The molecule has 2 aliphatic heterocycles. The van der Waals surface area contributed by atoms with Gasteiger partial charge in [-0.3, -0.25) is 4.79 Å². The molecule has 1 amide bonds. The average molecular weight is 310 g/mol. The predicted octanol–water partition coefficient (Wildman–Crippen LogP) is -0.383. The fraction of sp³-hybridized carbons (Fsp3) is 0.692. The Balaban J connectivity index is 1.66. The van der Waals surface area contributed by atoms with E-state index in [4.69, 9.17) is 5.73 Å². The van der Waals surface area contributed by atoms with E-state index < -0.39 is 0 Å². The molecule has 1 aromatic heterocycles. The van der Waals surface area contributed by atoms with Gasteiger partial charge in [-0.25, -0.2) is 4.98 Å². The van der Waals surface area contributed by atoms with Crippen LogP contribution in [0.5, 0.6) is 0 Å². The molecule has 0 aromatic carbocycles. The highest BCUT2D eigenvalue weighted by atomic mass is 32.1. The number of anilines is 2. The number of carbonyl (C=O) groups excluding carboxylic acids is 1. The van der Waals surface area contributed by atoms with Crippen molar-refractivity contribution in [2.24, 2.45) is 0 Å². The minimum absolute atomic E-state index is 0.0849. The third kappa shape index (κ3) is 3.45. The third-order valence-corrected chi connectivity index (χ3v) is 5.04. The lowest BCUT2D eigenvalue weighted by Crippen LogP contribution is -2.43. The van der Waals surface area contributed by atoms with E-state index in [-0.39, 0.29) is 11.9 Å². The summed E-state index contributed by atoms with van der Waals surface area (Å²) in [5, 5.41) is 10.5. The van der Waals surface area contributed by atoms with Crippen LogP contribution in [0.2, 0.25) is 0 Å². The molecule has 116 valence electrons. The summed E-state index contributed by atoms with van der Waals surface area (Å²) in [6.45, 7) is 5.60. The molecule has 0 saturated carbocycles. The van der Waals surface area contributed by atoms with Gasteiger partial charge < -0.3 is 26.6 Å². The van der Waals surface area contributed by atoms with Gasteiger partial charge in [0.2, 0.25) is 0 Å². The fourth-order valence-corrected chi connectivity index (χ4v) is 3.63. The molecular formula is C13H22N6OS. The molecule has 0 bridgehead atoms. The van der Waals surface area contributed by atoms with Crippen molar-refractivity contribution in [2.75, 3.05) is 49.9 Å². The number of thiazole rings is 1. The van der Waals surface area contributed by atoms with Gasteiger partial charge in [0.05, 0.1) is 0 Å². The molecule has 3 heterocycles. The van der Waals surface area contributed by atoms with Crippen LogP contribution < -0.4 is 26.6 Å². The lowest BCUT2D eigenvalue weighted by molar-refractivity contribution is 0.0934. The second kappa shape index (κ2) is 6.59. The fourth-order valence-electron chi connectivity index (χ4n) is 2.69. The third-order valence-electron chi connectivity index (χ3n) is 3.91. The van der Waals surface area contributed by atoms with Crippen LogP contribution in [-0.4, -0.2) is 56.2 Å². The summed E-state index contributed by atoms with van der Waals surface area (Å²) >= 11 is 1.40. The van der Waals surface area contributed by atoms with Gasteiger partial charge >= 0.3 is 0 Å². The highest BCUT2D eigenvalue weighted by Gasteiger charge is 2.23. The molecule has 2 saturated heterocycles. The highest BCUT2D eigenvalue weighted by Crippen LogP contribution is 2.28. The first-order valence-corrected chi connectivity index (χ1v) is 8.29. The van der Waals surface area contributed by atoms with Crippen LogP contribution in [0.1, 0.15) is 22.5 Å². The number of carbonyl (C=O) groups is 1. The van der Waals surface area contributed by atoms with Crippen molar-refractivity contribution in [1.82, 2.24) is 20.9 Å². The Hall–Kier alpha value is -1.38. The predicted molar refractivity (Wildman–Crippen MR) is 85.0 cm³/mol. The van der Waals surface area contributed by atoms with E-state index in [1.807, 2.05) is 0 Å². The number of rotatable bonds is 3. The second-order valence-corrected chi connectivity index (χ2v) is 6.42. The van der Waals surface area contributed by atoms with E-state index in [9.17, 15) is 4.79 Å². The largest absolute Gasteiger partial charge is 0.382 e. The summed E-state index contributed by atoms with van der Waals surface area (Å²) in [7, 11) is 0. The maximum atomic E-state index is 12.4. The molecule has 0 spiro atoms. The molecule has 2 aliphatic rings. The van der Waals surface area contributed by atoms with Gasteiger partial charge in [0.25, 0.3) is 5.91 Å². The molecule has 1 aromatic rings. The van der Waals surface area contributed by atoms with Crippen molar-refractivity contribution in [2.45, 2.75) is 18.9 Å². The maximum Gasteiger partial charge on any atom is 0.265 e. The zero-order valence-corrected chi connectivity index (χ0v) is 12.8. The summed E-state index contributed by atoms with van der Waals surface area (Å²) in [5.74, 6) is 0.262. The smallest absolute Gasteiger partial charge is 0.265 e. The van der Waals surface area contributed by atoms with Crippen molar-refractivity contribution in [1.29, 1.82) is 0 Å². The lowest BCUT2D eigenvalue weighted by Gasteiger charge is -2.26. The van der Waals surface area contributed by atoms with Crippen LogP contribution in [0, 0.1) is 0 Å². The van der Waals surface area contributed by atoms with Gasteiger partial charge in [-0.2, -0.15) is 0 Å². The first-order chi connectivity index (χ1) is 10.2.